The van der Waals surface area contributed by atoms with Gasteiger partial charge in [-0.3, -0.25) is 0 Å². The van der Waals surface area contributed by atoms with Gasteiger partial charge in [0.1, 0.15) is 22.7 Å². The minimum absolute atomic E-state index is 0.0252. The summed E-state index contributed by atoms with van der Waals surface area (Å²) in [5.41, 5.74) is 5.37. The highest BCUT2D eigenvalue weighted by Crippen LogP contribution is 2.31. The summed E-state index contributed by atoms with van der Waals surface area (Å²) < 4.78 is 19.0. The van der Waals surface area contributed by atoms with Gasteiger partial charge >= 0.3 is 0 Å². The molecule has 1 rings (SSSR count). The van der Waals surface area contributed by atoms with Crippen molar-refractivity contribution in [2.45, 2.75) is 13.0 Å². The third-order valence-corrected chi connectivity index (χ3v) is 2.92. The molecule has 0 amide bonds. The summed E-state index contributed by atoms with van der Waals surface area (Å²) in [6.45, 7) is 1.68. The quantitative estimate of drug-likeness (QED) is 0.687. The molecular weight excluding hydrogens is 305 g/mol. The van der Waals surface area contributed by atoms with Crippen LogP contribution in [0.1, 0.15) is 6.92 Å². The first-order chi connectivity index (χ1) is 6.91. The molecule has 0 aromatic heterocycles. The first-order valence-corrected chi connectivity index (χ1v) is 5.60. The lowest BCUT2D eigenvalue weighted by molar-refractivity contribution is 0.285. The molecule has 0 aliphatic rings. The smallest absolute Gasteiger partial charge is 0.145 e. The number of thiocarbonyl (C=S) groups is 1. The van der Waals surface area contributed by atoms with E-state index in [-0.39, 0.29) is 10.0 Å². The molecule has 1 unspecified atom stereocenters. The standard InChI is InChI=1S/C9H8BrClFNOS/c1-4(9(13)15)14-8-3-7(12)6(11)2-5(8)10/h2-4H,1H3,(H2,13,15). The second-order valence-corrected chi connectivity index (χ2v) is 4.59. The fourth-order valence-corrected chi connectivity index (χ4v) is 1.62. The van der Waals surface area contributed by atoms with Gasteiger partial charge in [0.15, 0.2) is 0 Å². The van der Waals surface area contributed by atoms with Crippen molar-refractivity contribution < 1.29 is 9.13 Å². The summed E-state index contributed by atoms with van der Waals surface area (Å²) in [6, 6.07) is 2.60. The first kappa shape index (κ1) is 12.7. The van der Waals surface area contributed by atoms with Gasteiger partial charge in [0.05, 0.1) is 9.50 Å². The number of ether oxygens (including phenoxy) is 1. The van der Waals surface area contributed by atoms with Gasteiger partial charge in [-0.1, -0.05) is 23.8 Å². The summed E-state index contributed by atoms with van der Waals surface area (Å²) in [4.78, 5) is 0.206. The number of hydrogen-bond acceptors (Lipinski definition) is 2. The summed E-state index contributed by atoms with van der Waals surface area (Å²) >= 11 is 13.5. The maximum Gasteiger partial charge on any atom is 0.145 e. The maximum absolute atomic E-state index is 13.1. The van der Waals surface area contributed by atoms with E-state index in [2.05, 4.69) is 15.9 Å². The molecule has 0 aliphatic carbocycles. The molecule has 15 heavy (non-hydrogen) atoms. The Morgan fingerprint density at radius 1 is 1.67 bits per heavy atom. The molecule has 0 saturated heterocycles. The number of nitrogens with two attached hydrogens (primary N) is 1. The molecule has 0 saturated carbocycles. The lowest BCUT2D eigenvalue weighted by Gasteiger charge is -2.14. The van der Waals surface area contributed by atoms with Crippen molar-refractivity contribution in [2.75, 3.05) is 0 Å². The zero-order valence-corrected chi connectivity index (χ0v) is 10.9. The number of hydrogen-bond donors (Lipinski definition) is 1. The highest BCUT2D eigenvalue weighted by molar-refractivity contribution is 9.10. The molecule has 1 atom stereocenters. The van der Waals surface area contributed by atoms with Crippen LogP contribution in [0.4, 0.5) is 4.39 Å². The van der Waals surface area contributed by atoms with Gasteiger partial charge in [0, 0.05) is 6.07 Å². The topological polar surface area (TPSA) is 35.2 Å². The summed E-state index contributed by atoms with van der Waals surface area (Å²) in [5.74, 6) is -0.234. The second kappa shape index (κ2) is 5.09. The maximum atomic E-state index is 13.1. The van der Waals surface area contributed by atoms with E-state index in [1.165, 1.54) is 12.1 Å². The van der Waals surface area contributed by atoms with Crippen LogP contribution in [0.3, 0.4) is 0 Å². The molecule has 0 spiro atoms. The van der Waals surface area contributed by atoms with Gasteiger partial charge in [0.2, 0.25) is 0 Å². The Labute approximate surface area is 106 Å². The van der Waals surface area contributed by atoms with Gasteiger partial charge < -0.3 is 10.5 Å². The van der Waals surface area contributed by atoms with Gasteiger partial charge in [-0.25, -0.2) is 4.39 Å². The van der Waals surface area contributed by atoms with E-state index in [4.69, 9.17) is 34.3 Å². The number of benzene rings is 1. The molecule has 0 fully saturated rings. The van der Waals surface area contributed by atoms with Crippen molar-refractivity contribution in [3.8, 4) is 5.75 Å². The molecule has 0 heterocycles. The van der Waals surface area contributed by atoms with Gasteiger partial charge in [-0.2, -0.15) is 0 Å². The van der Waals surface area contributed by atoms with Crippen molar-refractivity contribution in [3.63, 3.8) is 0 Å². The van der Waals surface area contributed by atoms with E-state index in [0.29, 0.717) is 10.2 Å². The molecule has 82 valence electrons. The first-order valence-electron chi connectivity index (χ1n) is 4.02. The van der Waals surface area contributed by atoms with Crippen LogP contribution in [0.2, 0.25) is 5.02 Å². The van der Waals surface area contributed by atoms with Crippen LogP contribution >= 0.6 is 39.7 Å². The van der Waals surface area contributed by atoms with E-state index in [0.717, 1.165) is 0 Å². The largest absolute Gasteiger partial charge is 0.482 e. The molecule has 1 aromatic rings. The predicted molar refractivity (Wildman–Crippen MR) is 66.0 cm³/mol. The highest BCUT2D eigenvalue weighted by atomic mass is 79.9. The lowest BCUT2D eigenvalue weighted by Crippen LogP contribution is -2.29. The number of rotatable bonds is 3. The fourth-order valence-electron chi connectivity index (χ4n) is 0.843. The molecule has 2 nitrogen and oxygen atoms in total. The Morgan fingerprint density at radius 2 is 2.27 bits per heavy atom. The monoisotopic (exact) mass is 311 g/mol. The normalized spacial score (nSPS) is 12.3. The zero-order chi connectivity index (χ0) is 11.6. The molecule has 0 aliphatic heterocycles. The fraction of sp³-hybridized carbons (Fsp3) is 0.222. The van der Waals surface area contributed by atoms with E-state index in [9.17, 15) is 4.39 Å². The van der Waals surface area contributed by atoms with Crippen LogP contribution in [0, 0.1) is 5.82 Å². The Bertz CT molecular complexity index is 402. The van der Waals surface area contributed by atoms with E-state index >= 15 is 0 Å². The average Bonchev–Trinajstić information content (AvgIpc) is 2.13. The predicted octanol–water partition coefficient (Wildman–Crippen LogP) is 3.30. The zero-order valence-electron chi connectivity index (χ0n) is 7.76. The minimum atomic E-state index is -0.551. The van der Waals surface area contributed by atoms with E-state index in [1.54, 1.807) is 6.92 Å². The SMILES string of the molecule is CC(Oc1cc(F)c(Cl)cc1Br)C(N)=S. The Morgan fingerprint density at radius 3 is 2.80 bits per heavy atom. The summed E-state index contributed by atoms with van der Waals surface area (Å²) in [7, 11) is 0. The van der Waals surface area contributed by atoms with Crippen molar-refractivity contribution in [3.05, 3.63) is 27.4 Å². The highest BCUT2D eigenvalue weighted by Gasteiger charge is 2.12. The summed E-state index contributed by atoms with van der Waals surface area (Å²) in [6.07, 6.45) is -0.461. The average molecular weight is 313 g/mol. The van der Waals surface area contributed by atoms with Crippen LogP contribution in [0.5, 0.6) is 5.75 Å². The van der Waals surface area contributed by atoms with Crippen LogP contribution in [-0.4, -0.2) is 11.1 Å². The molecule has 0 bridgehead atoms. The molecule has 0 radical (unpaired) electrons. The Hall–Kier alpha value is -0.390. The van der Waals surface area contributed by atoms with Crippen LogP contribution in [-0.2, 0) is 0 Å². The van der Waals surface area contributed by atoms with Crippen molar-refractivity contribution in [2.24, 2.45) is 5.73 Å². The van der Waals surface area contributed by atoms with Gasteiger partial charge in [0.25, 0.3) is 0 Å². The molecule has 1 aromatic carbocycles. The second-order valence-electron chi connectivity index (χ2n) is 2.86. The van der Waals surface area contributed by atoms with Crippen LogP contribution < -0.4 is 10.5 Å². The molecule has 6 heteroatoms. The lowest BCUT2D eigenvalue weighted by atomic mass is 10.3. The van der Waals surface area contributed by atoms with Crippen LogP contribution in [0.25, 0.3) is 0 Å². The number of halogens is 3. The third kappa shape index (κ3) is 3.29. The van der Waals surface area contributed by atoms with Crippen LogP contribution in [0.15, 0.2) is 16.6 Å². The minimum Gasteiger partial charge on any atom is -0.482 e. The van der Waals surface area contributed by atoms with Crippen molar-refractivity contribution >= 4 is 44.7 Å². The van der Waals surface area contributed by atoms with Gasteiger partial charge in [-0.05, 0) is 28.9 Å². The summed E-state index contributed by atoms with van der Waals surface area (Å²) in [5, 5.41) is 0.0252. The van der Waals surface area contributed by atoms with Crippen molar-refractivity contribution in [1.82, 2.24) is 0 Å². The van der Waals surface area contributed by atoms with E-state index < -0.39 is 11.9 Å². The van der Waals surface area contributed by atoms with E-state index in [1.807, 2.05) is 0 Å². The molecule has 2 N–H and O–H groups in total. The Kier molecular flexibility index (Phi) is 4.31. The van der Waals surface area contributed by atoms with Gasteiger partial charge in [-0.15, -0.1) is 0 Å². The molecular formula is C9H8BrClFNOS. The third-order valence-electron chi connectivity index (χ3n) is 1.68. The van der Waals surface area contributed by atoms with Crippen molar-refractivity contribution in [1.29, 1.82) is 0 Å². The Balaban J connectivity index is 2.95.